The number of carbonyl (C=O) groups excluding carboxylic acids is 1. The van der Waals surface area contributed by atoms with E-state index in [2.05, 4.69) is 12.2 Å². The predicted octanol–water partition coefficient (Wildman–Crippen LogP) is 1.07. The summed E-state index contributed by atoms with van der Waals surface area (Å²) in [4.78, 5) is 12.0. The highest BCUT2D eigenvalue weighted by molar-refractivity contribution is 7.80. The second-order valence-corrected chi connectivity index (χ2v) is 4.92. The zero-order chi connectivity index (χ0) is 10.9. The highest BCUT2D eigenvalue weighted by atomic mass is 32.1. The van der Waals surface area contributed by atoms with Gasteiger partial charge in [-0.15, -0.1) is 0 Å². The third-order valence-electron chi connectivity index (χ3n) is 2.69. The van der Waals surface area contributed by atoms with Gasteiger partial charge in [-0.3, -0.25) is 4.79 Å². The monoisotopic (exact) mass is 214 g/mol. The van der Waals surface area contributed by atoms with Crippen molar-refractivity contribution >= 4 is 23.1 Å². The van der Waals surface area contributed by atoms with Gasteiger partial charge in [-0.25, -0.2) is 0 Å². The highest BCUT2D eigenvalue weighted by Gasteiger charge is 2.36. The van der Waals surface area contributed by atoms with Crippen molar-refractivity contribution in [1.82, 2.24) is 5.32 Å². The standard InChI is InChI=1S/C10H18N2OS/c1-5(2)8(9(11)14)10(13)12-7-4-6(7)3/h5-8H,4H2,1-3H3,(H2,11,14)(H,12,13). The molecule has 0 aliphatic heterocycles. The molecule has 0 aromatic rings. The Morgan fingerprint density at radius 2 is 2.07 bits per heavy atom. The van der Waals surface area contributed by atoms with Crippen LogP contribution >= 0.6 is 12.2 Å². The first-order valence-electron chi connectivity index (χ1n) is 5.03. The molecule has 1 saturated carbocycles. The number of hydrogen-bond donors (Lipinski definition) is 2. The average Bonchev–Trinajstić information content (AvgIpc) is 2.63. The van der Waals surface area contributed by atoms with Crippen molar-refractivity contribution in [3.05, 3.63) is 0 Å². The molecule has 1 amide bonds. The highest BCUT2D eigenvalue weighted by Crippen LogP contribution is 2.29. The zero-order valence-electron chi connectivity index (χ0n) is 8.91. The Balaban J connectivity index is 2.51. The number of rotatable bonds is 4. The van der Waals surface area contributed by atoms with Gasteiger partial charge in [0.25, 0.3) is 0 Å². The summed E-state index contributed by atoms with van der Waals surface area (Å²) < 4.78 is 0. The van der Waals surface area contributed by atoms with Gasteiger partial charge in [-0.05, 0) is 18.3 Å². The summed E-state index contributed by atoms with van der Waals surface area (Å²) in [5, 5.41) is 2.96. The van der Waals surface area contributed by atoms with Crippen LogP contribution in [0.2, 0.25) is 0 Å². The summed E-state index contributed by atoms with van der Waals surface area (Å²) >= 11 is 4.89. The summed E-state index contributed by atoms with van der Waals surface area (Å²) in [6, 6.07) is 0.345. The second-order valence-electron chi connectivity index (χ2n) is 4.45. The third-order valence-corrected chi connectivity index (χ3v) is 2.95. The molecule has 1 rings (SSSR count). The molecule has 3 nitrogen and oxygen atoms in total. The van der Waals surface area contributed by atoms with E-state index < -0.39 is 0 Å². The molecule has 0 aromatic carbocycles. The van der Waals surface area contributed by atoms with Gasteiger partial charge >= 0.3 is 0 Å². The van der Waals surface area contributed by atoms with Crippen molar-refractivity contribution in [3.8, 4) is 0 Å². The average molecular weight is 214 g/mol. The molecule has 0 saturated heterocycles. The molecule has 80 valence electrons. The lowest BCUT2D eigenvalue weighted by Gasteiger charge is -2.18. The third kappa shape index (κ3) is 2.67. The minimum Gasteiger partial charge on any atom is -0.393 e. The number of carbonyl (C=O) groups is 1. The van der Waals surface area contributed by atoms with E-state index in [4.69, 9.17) is 18.0 Å². The van der Waals surface area contributed by atoms with Crippen LogP contribution < -0.4 is 11.1 Å². The summed E-state index contributed by atoms with van der Waals surface area (Å²) in [6.45, 7) is 6.04. The fourth-order valence-corrected chi connectivity index (χ4v) is 1.94. The van der Waals surface area contributed by atoms with E-state index in [-0.39, 0.29) is 17.7 Å². The molecule has 0 spiro atoms. The van der Waals surface area contributed by atoms with Gasteiger partial charge in [0.2, 0.25) is 5.91 Å². The van der Waals surface area contributed by atoms with Crippen LogP contribution in [0.3, 0.4) is 0 Å². The molecule has 4 heteroatoms. The van der Waals surface area contributed by atoms with E-state index in [1.165, 1.54) is 0 Å². The molecule has 3 atom stereocenters. The predicted molar refractivity (Wildman–Crippen MR) is 60.8 cm³/mol. The Kier molecular flexibility index (Phi) is 3.48. The van der Waals surface area contributed by atoms with Crippen LogP contribution in [0, 0.1) is 17.8 Å². The Morgan fingerprint density at radius 1 is 1.57 bits per heavy atom. The van der Waals surface area contributed by atoms with E-state index in [1.807, 2.05) is 13.8 Å². The smallest absolute Gasteiger partial charge is 0.230 e. The van der Waals surface area contributed by atoms with Crippen LogP contribution in [0.15, 0.2) is 0 Å². The summed E-state index contributed by atoms with van der Waals surface area (Å²) in [7, 11) is 0. The maximum Gasteiger partial charge on any atom is 0.230 e. The molecule has 14 heavy (non-hydrogen) atoms. The first-order valence-corrected chi connectivity index (χ1v) is 5.44. The van der Waals surface area contributed by atoms with Crippen LogP contribution in [0.25, 0.3) is 0 Å². The molecule has 3 unspecified atom stereocenters. The maximum absolute atomic E-state index is 11.7. The van der Waals surface area contributed by atoms with Crippen molar-refractivity contribution in [1.29, 1.82) is 0 Å². The normalized spacial score (nSPS) is 27.1. The lowest BCUT2D eigenvalue weighted by Crippen LogP contribution is -2.41. The molecule has 0 bridgehead atoms. The Hall–Kier alpha value is -0.640. The number of nitrogens with two attached hydrogens (primary N) is 1. The van der Waals surface area contributed by atoms with Gasteiger partial charge in [0.1, 0.15) is 0 Å². The van der Waals surface area contributed by atoms with Gasteiger partial charge in [-0.2, -0.15) is 0 Å². The number of amides is 1. The van der Waals surface area contributed by atoms with E-state index in [9.17, 15) is 4.79 Å². The van der Waals surface area contributed by atoms with Crippen LogP contribution in [0.5, 0.6) is 0 Å². The fraction of sp³-hybridized carbons (Fsp3) is 0.800. The van der Waals surface area contributed by atoms with E-state index in [0.717, 1.165) is 6.42 Å². The molecule has 3 N–H and O–H groups in total. The second kappa shape index (κ2) is 4.26. The largest absolute Gasteiger partial charge is 0.393 e. The van der Waals surface area contributed by atoms with E-state index in [1.54, 1.807) is 0 Å². The first kappa shape index (κ1) is 11.4. The number of thiocarbonyl (C=S) groups is 1. The Labute approximate surface area is 90.4 Å². The van der Waals surface area contributed by atoms with Crippen molar-refractivity contribution in [3.63, 3.8) is 0 Å². The molecule has 0 heterocycles. The van der Waals surface area contributed by atoms with E-state index >= 15 is 0 Å². The van der Waals surface area contributed by atoms with Gasteiger partial charge in [0, 0.05) is 6.04 Å². The zero-order valence-corrected chi connectivity index (χ0v) is 9.73. The van der Waals surface area contributed by atoms with Crippen LogP contribution in [0.1, 0.15) is 27.2 Å². The molecule has 1 aliphatic rings. The van der Waals surface area contributed by atoms with Gasteiger partial charge in [0.15, 0.2) is 0 Å². The SMILES string of the molecule is CC(C)C(C(=O)NC1CC1C)C(N)=S. The fourth-order valence-electron chi connectivity index (χ4n) is 1.56. The number of nitrogens with one attached hydrogen (secondary N) is 1. The maximum atomic E-state index is 11.7. The molecular weight excluding hydrogens is 196 g/mol. The minimum atomic E-state index is -0.321. The molecule has 0 radical (unpaired) electrons. The van der Waals surface area contributed by atoms with Gasteiger partial charge in [-0.1, -0.05) is 33.0 Å². The minimum absolute atomic E-state index is 0.0122. The van der Waals surface area contributed by atoms with Gasteiger partial charge in [0.05, 0.1) is 10.9 Å². The van der Waals surface area contributed by atoms with Gasteiger partial charge < -0.3 is 11.1 Å². The molecule has 1 fully saturated rings. The lowest BCUT2D eigenvalue weighted by molar-refractivity contribution is -0.124. The summed E-state index contributed by atoms with van der Waals surface area (Å²) in [5.41, 5.74) is 5.54. The van der Waals surface area contributed by atoms with Crippen molar-refractivity contribution in [2.24, 2.45) is 23.5 Å². The van der Waals surface area contributed by atoms with Crippen molar-refractivity contribution in [2.45, 2.75) is 33.2 Å². The molecule has 0 aromatic heterocycles. The van der Waals surface area contributed by atoms with E-state index in [0.29, 0.717) is 16.9 Å². The first-order chi connectivity index (χ1) is 6.43. The topological polar surface area (TPSA) is 55.1 Å². The quantitative estimate of drug-likeness (QED) is 0.688. The van der Waals surface area contributed by atoms with Crippen molar-refractivity contribution in [2.75, 3.05) is 0 Å². The Morgan fingerprint density at radius 3 is 2.36 bits per heavy atom. The molecule has 1 aliphatic carbocycles. The van der Waals surface area contributed by atoms with Crippen LogP contribution in [-0.2, 0) is 4.79 Å². The van der Waals surface area contributed by atoms with Crippen molar-refractivity contribution < 1.29 is 4.79 Å². The lowest BCUT2D eigenvalue weighted by atomic mass is 9.95. The summed E-state index contributed by atoms with van der Waals surface area (Å²) in [6.07, 6.45) is 1.08. The van der Waals surface area contributed by atoms with Crippen LogP contribution in [0.4, 0.5) is 0 Å². The number of hydrogen-bond acceptors (Lipinski definition) is 2. The summed E-state index contributed by atoms with van der Waals surface area (Å²) in [5.74, 6) is 0.444. The molecular formula is C10H18N2OS. The Bertz CT molecular complexity index is 253. The van der Waals surface area contributed by atoms with Crippen LogP contribution in [-0.4, -0.2) is 16.9 Å².